The van der Waals surface area contributed by atoms with Crippen LogP contribution in [0.4, 0.5) is 0 Å². The molecule has 23 heavy (non-hydrogen) atoms. The van der Waals surface area contributed by atoms with E-state index < -0.39 is 5.97 Å². The van der Waals surface area contributed by atoms with Crippen LogP contribution in [0.5, 0.6) is 0 Å². The van der Waals surface area contributed by atoms with Crippen molar-refractivity contribution in [3.05, 3.63) is 52.2 Å². The van der Waals surface area contributed by atoms with Crippen LogP contribution < -0.4 is 0 Å². The van der Waals surface area contributed by atoms with Crippen LogP contribution in [-0.4, -0.2) is 44.1 Å². The molecule has 5 nitrogen and oxygen atoms in total. The molecule has 0 saturated carbocycles. The van der Waals surface area contributed by atoms with Crippen molar-refractivity contribution in [3.63, 3.8) is 0 Å². The van der Waals surface area contributed by atoms with Crippen LogP contribution in [0.3, 0.4) is 0 Å². The first-order chi connectivity index (χ1) is 11.0. The first-order valence-corrected chi connectivity index (χ1v) is 7.38. The van der Waals surface area contributed by atoms with Crippen LogP contribution >= 0.6 is 0 Å². The SMILES string of the molecule is COCCN1C(=O)C(=Cc2ccc(C)cc2)C(C(=O)OC)=C1C. The molecule has 122 valence electrons. The summed E-state index contributed by atoms with van der Waals surface area (Å²) >= 11 is 0. The predicted octanol–water partition coefficient (Wildman–Crippen LogP) is 2.31. The van der Waals surface area contributed by atoms with E-state index in [2.05, 4.69) is 0 Å². The summed E-state index contributed by atoms with van der Waals surface area (Å²) in [6.45, 7) is 4.53. The van der Waals surface area contributed by atoms with Crippen molar-refractivity contribution in [3.8, 4) is 0 Å². The molecule has 0 aliphatic carbocycles. The van der Waals surface area contributed by atoms with Gasteiger partial charge < -0.3 is 14.4 Å². The fraction of sp³-hybridized carbons (Fsp3) is 0.333. The molecule has 0 saturated heterocycles. The van der Waals surface area contributed by atoms with E-state index in [1.54, 1.807) is 25.0 Å². The Hall–Kier alpha value is -2.40. The Morgan fingerprint density at radius 3 is 2.39 bits per heavy atom. The number of methoxy groups -OCH3 is 2. The number of carbonyl (C=O) groups is 2. The average molecular weight is 315 g/mol. The van der Waals surface area contributed by atoms with Gasteiger partial charge in [0, 0.05) is 19.4 Å². The minimum Gasteiger partial charge on any atom is -0.465 e. The van der Waals surface area contributed by atoms with Gasteiger partial charge in [0.25, 0.3) is 5.91 Å². The topological polar surface area (TPSA) is 55.8 Å². The summed E-state index contributed by atoms with van der Waals surface area (Å²) in [6.07, 6.45) is 1.73. The molecule has 0 unspecified atom stereocenters. The van der Waals surface area contributed by atoms with Gasteiger partial charge in [-0.25, -0.2) is 4.79 Å². The third kappa shape index (κ3) is 3.51. The second-order valence-corrected chi connectivity index (χ2v) is 5.37. The number of allylic oxidation sites excluding steroid dienone is 1. The quantitative estimate of drug-likeness (QED) is 0.618. The number of amides is 1. The van der Waals surface area contributed by atoms with Gasteiger partial charge in [-0.05, 0) is 25.5 Å². The molecule has 1 aromatic rings. The monoisotopic (exact) mass is 315 g/mol. The maximum atomic E-state index is 12.7. The Kier molecular flexibility index (Phi) is 5.34. The molecule has 0 radical (unpaired) electrons. The number of carbonyl (C=O) groups excluding carboxylic acids is 2. The lowest BCUT2D eigenvalue weighted by Crippen LogP contribution is -2.28. The fourth-order valence-electron chi connectivity index (χ4n) is 2.51. The number of hydrogen-bond donors (Lipinski definition) is 0. The van der Waals surface area contributed by atoms with Gasteiger partial charge >= 0.3 is 5.97 Å². The van der Waals surface area contributed by atoms with E-state index >= 15 is 0 Å². The minimum atomic E-state index is -0.505. The highest BCUT2D eigenvalue weighted by molar-refractivity contribution is 6.16. The highest BCUT2D eigenvalue weighted by atomic mass is 16.5. The fourth-order valence-corrected chi connectivity index (χ4v) is 2.51. The normalized spacial score (nSPS) is 16.4. The van der Waals surface area contributed by atoms with Gasteiger partial charge in [0.05, 0.1) is 24.9 Å². The molecule has 1 aliphatic heterocycles. The number of aryl methyl sites for hydroxylation is 1. The van der Waals surface area contributed by atoms with E-state index in [-0.39, 0.29) is 5.91 Å². The lowest BCUT2D eigenvalue weighted by atomic mass is 10.0. The van der Waals surface area contributed by atoms with Crippen LogP contribution in [0.2, 0.25) is 0 Å². The van der Waals surface area contributed by atoms with Crippen molar-refractivity contribution in [2.75, 3.05) is 27.4 Å². The molecule has 0 N–H and O–H groups in total. The van der Waals surface area contributed by atoms with Crippen molar-refractivity contribution in [2.24, 2.45) is 0 Å². The zero-order chi connectivity index (χ0) is 17.0. The van der Waals surface area contributed by atoms with Gasteiger partial charge in [0.1, 0.15) is 0 Å². The van der Waals surface area contributed by atoms with Crippen LogP contribution in [0.25, 0.3) is 6.08 Å². The zero-order valence-electron chi connectivity index (χ0n) is 13.9. The Morgan fingerprint density at radius 1 is 1.17 bits per heavy atom. The molecule has 5 heteroatoms. The second-order valence-electron chi connectivity index (χ2n) is 5.37. The molecule has 1 aromatic carbocycles. The molecular formula is C18H21NO4. The molecule has 1 heterocycles. The molecule has 0 atom stereocenters. The van der Waals surface area contributed by atoms with Crippen LogP contribution in [-0.2, 0) is 19.1 Å². The second kappa shape index (κ2) is 7.24. The summed E-state index contributed by atoms with van der Waals surface area (Å²) in [5, 5.41) is 0. The summed E-state index contributed by atoms with van der Waals surface area (Å²) < 4.78 is 9.88. The van der Waals surface area contributed by atoms with Crippen molar-refractivity contribution in [1.29, 1.82) is 0 Å². The van der Waals surface area contributed by atoms with E-state index in [4.69, 9.17) is 9.47 Å². The Morgan fingerprint density at radius 2 is 1.83 bits per heavy atom. The largest absolute Gasteiger partial charge is 0.465 e. The van der Waals surface area contributed by atoms with Crippen LogP contribution in [0.1, 0.15) is 18.1 Å². The summed E-state index contributed by atoms with van der Waals surface area (Å²) in [6, 6.07) is 7.75. The number of rotatable bonds is 5. The molecular weight excluding hydrogens is 294 g/mol. The number of esters is 1. The van der Waals surface area contributed by atoms with Gasteiger partial charge in [-0.3, -0.25) is 4.79 Å². The van der Waals surface area contributed by atoms with Gasteiger partial charge in [0.15, 0.2) is 0 Å². The summed E-state index contributed by atoms with van der Waals surface area (Å²) in [7, 11) is 2.89. The van der Waals surface area contributed by atoms with Gasteiger partial charge in [-0.15, -0.1) is 0 Å². The number of benzene rings is 1. The lowest BCUT2D eigenvalue weighted by molar-refractivity contribution is -0.136. The Labute approximate surface area is 136 Å². The molecule has 1 amide bonds. The zero-order valence-corrected chi connectivity index (χ0v) is 13.9. The summed E-state index contributed by atoms with van der Waals surface area (Å²) in [4.78, 5) is 26.3. The van der Waals surface area contributed by atoms with E-state index in [9.17, 15) is 9.59 Å². The van der Waals surface area contributed by atoms with Gasteiger partial charge in [-0.1, -0.05) is 29.8 Å². The van der Waals surface area contributed by atoms with E-state index in [1.807, 2.05) is 31.2 Å². The molecule has 0 spiro atoms. The standard InChI is InChI=1S/C18H21NO4/c1-12-5-7-14(8-6-12)11-15-16(18(21)23-4)13(2)19(17(15)20)9-10-22-3/h5-8,11H,9-10H2,1-4H3. The third-order valence-corrected chi connectivity index (χ3v) is 3.81. The predicted molar refractivity (Wildman–Crippen MR) is 87.5 cm³/mol. The van der Waals surface area contributed by atoms with Crippen molar-refractivity contribution in [2.45, 2.75) is 13.8 Å². The molecule has 2 rings (SSSR count). The smallest absolute Gasteiger partial charge is 0.340 e. The Balaban J connectivity index is 2.45. The van der Waals surface area contributed by atoms with Crippen molar-refractivity contribution in [1.82, 2.24) is 4.90 Å². The number of ether oxygens (including phenoxy) is 2. The molecule has 0 fully saturated rings. The third-order valence-electron chi connectivity index (χ3n) is 3.81. The first kappa shape index (κ1) is 17.0. The highest BCUT2D eigenvalue weighted by Crippen LogP contribution is 2.31. The molecule has 1 aliphatic rings. The van der Waals surface area contributed by atoms with Gasteiger partial charge in [0.2, 0.25) is 0 Å². The van der Waals surface area contributed by atoms with Crippen molar-refractivity contribution < 1.29 is 19.1 Å². The lowest BCUT2D eigenvalue weighted by Gasteiger charge is -2.16. The maximum Gasteiger partial charge on any atom is 0.340 e. The minimum absolute atomic E-state index is 0.208. The maximum absolute atomic E-state index is 12.7. The summed E-state index contributed by atoms with van der Waals surface area (Å²) in [5.41, 5.74) is 3.26. The van der Waals surface area contributed by atoms with Gasteiger partial charge in [-0.2, -0.15) is 0 Å². The summed E-state index contributed by atoms with van der Waals surface area (Å²) in [5.74, 6) is -0.713. The van der Waals surface area contributed by atoms with E-state index in [1.165, 1.54) is 7.11 Å². The van der Waals surface area contributed by atoms with Crippen LogP contribution in [0.15, 0.2) is 41.1 Å². The highest BCUT2D eigenvalue weighted by Gasteiger charge is 2.36. The first-order valence-electron chi connectivity index (χ1n) is 7.38. The number of nitrogens with zero attached hydrogens (tertiary/aromatic N) is 1. The van der Waals surface area contributed by atoms with E-state index in [0.29, 0.717) is 30.0 Å². The number of hydrogen-bond acceptors (Lipinski definition) is 4. The Bertz CT molecular complexity index is 671. The van der Waals surface area contributed by atoms with E-state index in [0.717, 1.165) is 11.1 Å². The average Bonchev–Trinajstić information content (AvgIpc) is 2.77. The molecule has 0 aromatic heterocycles. The molecule has 0 bridgehead atoms. The van der Waals surface area contributed by atoms with Crippen molar-refractivity contribution >= 4 is 18.0 Å². The van der Waals surface area contributed by atoms with Crippen LogP contribution in [0, 0.1) is 6.92 Å².